The Morgan fingerprint density at radius 2 is 2.11 bits per heavy atom. The fourth-order valence-corrected chi connectivity index (χ4v) is 3.74. The molecule has 0 spiro atoms. The van der Waals surface area contributed by atoms with Crippen LogP contribution in [0.25, 0.3) is 10.9 Å². The number of esters is 1. The highest BCUT2D eigenvalue weighted by molar-refractivity contribution is 5.94. The highest BCUT2D eigenvalue weighted by Crippen LogP contribution is 2.39. The van der Waals surface area contributed by atoms with Crippen molar-refractivity contribution >= 4 is 29.1 Å². The van der Waals surface area contributed by atoms with Gasteiger partial charge in [0.2, 0.25) is 5.91 Å². The number of H-pyrrole nitrogens is 1. The summed E-state index contributed by atoms with van der Waals surface area (Å²) in [5.74, 6) is -0.713. The standard InChI is InChI=1S/C21H22N2O4/c1-3-8-19(25)23-17(11-6-7-12-24)20-15(13-18(23)21(26)27-2)14-9-4-5-10-16(14)22-20/h3-10,12,17-18,22H,11,13H2,1-2H3/b7-6+,8-3+/t17-,18-/m0/s1. The van der Waals surface area contributed by atoms with E-state index in [2.05, 4.69) is 4.98 Å². The van der Waals surface area contributed by atoms with Crippen LogP contribution >= 0.6 is 0 Å². The van der Waals surface area contributed by atoms with Crippen molar-refractivity contribution in [3.8, 4) is 0 Å². The molecule has 1 aliphatic heterocycles. The molecule has 0 aliphatic carbocycles. The van der Waals surface area contributed by atoms with E-state index in [-0.39, 0.29) is 5.91 Å². The first-order chi connectivity index (χ1) is 13.1. The summed E-state index contributed by atoms with van der Waals surface area (Å²) in [6.07, 6.45) is 7.70. The Hall–Kier alpha value is -3.15. The molecule has 0 fully saturated rings. The average Bonchev–Trinajstić information content (AvgIpc) is 3.05. The Labute approximate surface area is 157 Å². The van der Waals surface area contributed by atoms with Gasteiger partial charge >= 0.3 is 5.97 Å². The van der Waals surface area contributed by atoms with Gasteiger partial charge in [0.25, 0.3) is 0 Å². The van der Waals surface area contributed by atoms with E-state index in [9.17, 15) is 14.4 Å². The number of para-hydroxylation sites is 1. The quantitative estimate of drug-likeness (QED) is 0.501. The van der Waals surface area contributed by atoms with Crippen molar-refractivity contribution in [3.05, 3.63) is 59.8 Å². The molecule has 0 bridgehead atoms. The Morgan fingerprint density at radius 1 is 1.33 bits per heavy atom. The predicted octanol–water partition coefficient (Wildman–Crippen LogP) is 2.86. The Bertz CT molecular complexity index is 925. The first-order valence-corrected chi connectivity index (χ1v) is 8.85. The van der Waals surface area contributed by atoms with Crippen molar-refractivity contribution < 1.29 is 19.1 Å². The fraction of sp³-hybridized carbons (Fsp3) is 0.286. The molecule has 1 N–H and O–H groups in total. The number of hydrogen-bond donors (Lipinski definition) is 1. The number of aromatic nitrogens is 1. The minimum atomic E-state index is -0.722. The third-order valence-corrected chi connectivity index (χ3v) is 4.86. The van der Waals surface area contributed by atoms with E-state index in [1.165, 1.54) is 19.3 Å². The van der Waals surface area contributed by atoms with Gasteiger partial charge in [-0.05, 0) is 37.1 Å². The lowest BCUT2D eigenvalue weighted by Crippen LogP contribution is -2.51. The number of amides is 1. The van der Waals surface area contributed by atoms with Crippen molar-refractivity contribution in [2.75, 3.05) is 7.11 Å². The van der Waals surface area contributed by atoms with Gasteiger partial charge in [-0.25, -0.2) is 4.79 Å². The zero-order valence-electron chi connectivity index (χ0n) is 15.3. The summed E-state index contributed by atoms with van der Waals surface area (Å²) in [5.41, 5.74) is 2.86. The maximum absolute atomic E-state index is 12.8. The van der Waals surface area contributed by atoms with E-state index < -0.39 is 18.1 Å². The molecule has 1 aromatic carbocycles. The highest BCUT2D eigenvalue weighted by Gasteiger charge is 2.42. The van der Waals surface area contributed by atoms with Gasteiger partial charge in [-0.3, -0.25) is 9.59 Å². The Balaban J connectivity index is 2.18. The van der Waals surface area contributed by atoms with Gasteiger partial charge in [0.05, 0.1) is 13.2 Å². The van der Waals surface area contributed by atoms with Gasteiger partial charge in [-0.15, -0.1) is 0 Å². The van der Waals surface area contributed by atoms with E-state index in [1.807, 2.05) is 24.3 Å². The third-order valence-electron chi connectivity index (χ3n) is 4.86. The summed E-state index contributed by atoms with van der Waals surface area (Å²) < 4.78 is 4.98. The van der Waals surface area contributed by atoms with Crippen molar-refractivity contribution in [2.45, 2.75) is 31.8 Å². The van der Waals surface area contributed by atoms with Crippen LogP contribution in [0.3, 0.4) is 0 Å². The minimum absolute atomic E-state index is 0.262. The molecule has 0 radical (unpaired) electrons. The molecular weight excluding hydrogens is 344 g/mol. The Morgan fingerprint density at radius 3 is 2.81 bits per heavy atom. The molecule has 0 saturated heterocycles. The van der Waals surface area contributed by atoms with Crippen molar-refractivity contribution in [2.24, 2.45) is 0 Å². The smallest absolute Gasteiger partial charge is 0.328 e. The van der Waals surface area contributed by atoms with E-state index >= 15 is 0 Å². The van der Waals surface area contributed by atoms with Crippen LogP contribution in [0.5, 0.6) is 0 Å². The number of nitrogens with one attached hydrogen (secondary N) is 1. The number of allylic oxidation sites excluding steroid dienone is 2. The molecule has 0 unspecified atom stereocenters. The molecule has 2 aromatic rings. The van der Waals surface area contributed by atoms with Crippen molar-refractivity contribution in [1.82, 2.24) is 9.88 Å². The van der Waals surface area contributed by atoms with Crippen molar-refractivity contribution in [3.63, 3.8) is 0 Å². The predicted molar refractivity (Wildman–Crippen MR) is 102 cm³/mol. The summed E-state index contributed by atoms with van der Waals surface area (Å²) >= 11 is 0. The van der Waals surface area contributed by atoms with Crippen LogP contribution in [-0.2, 0) is 25.5 Å². The minimum Gasteiger partial charge on any atom is -0.467 e. The lowest BCUT2D eigenvalue weighted by molar-refractivity contribution is -0.154. The number of hydrogen-bond acceptors (Lipinski definition) is 4. The maximum atomic E-state index is 12.8. The maximum Gasteiger partial charge on any atom is 0.328 e. The molecule has 140 valence electrons. The number of carbonyl (C=O) groups is 3. The lowest BCUT2D eigenvalue weighted by Gasteiger charge is -2.40. The van der Waals surface area contributed by atoms with Gasteiger partial charge in [0.1, 0.15) is 12.3 Å². The molecule has 2 atom stereocenters. The number of methoxy groups -OCH3 is 1. The summed E-state index contributed by atoms with van der Waals surface area (Å²) in [5, 5.41) is 1.03. The zero-order chi connectivity index (χ0) is 19.4. The van der Waals surface area contributed by atoms with Gasteiger partial charge in [0, 0.05) is 23.0 Å². The lowest BCUT2D eigenvalue weighted by atomic mass is 9.89. The number of aldehydes is 1. The number of ether oxygens (including phenoxy) is 1. The van der Waals surface area contributed by atoms with Crippen LogP contribution in [-0.4, -0.2) is 41.2 Å². The average molecular weight is 366 g/mol. The topological polar surface area (TPSA) is 79.5 Å². The SMILES string of the molecule is C/C=C/C(=O)N1[C@H](C(=O)OC)Cc2c([nH]c3ccccc23)[C@@H]1C/C=C/C=O. The third kappa shape index (κ3) is 3.43. The number of carbonyl (C=O) groups excluding carboxylic acids is 3. The molecule has 1 aromatic heterocycles. The van der Waals surface area contributed by atoms with Crippen LogP contribution in [0.4, 0.5) is 0 Å². The number of nitrogens with zero attached hydrogens (tertiary/aromatic N) is 1. The molecule has 6 heteroatoms. The second-order valence-electron chi connectivity index (χ2n) is 6.37. The van der Waals surface area contributed by atoms with E-state index in [1.54, 1.807) is 24.0 Å². The molecule has 1 amide bonds. The summed E-state index contributed by atoms with van der Waals surface area (Å²) in [6.45, 7) is 1.75. The monoisotopic (exact) mass is 366 g/mol. The van der Waals surface area contributed by atoms with Gasteiger partial charge in [0.15, 0.2) is 0 Å². The molecule has 27 heavy (non-hydrogen) atoms. The first-order valence-electron chi connectivity index (χ1n) is 8.85. The number of rotatable bonds is 5. The number of fused-ring (bicyclic) bond motifs is 3. The first kappa shape index (κ1) is 18.6. The molecule has 1 aliphatic rings. The summed E-state index contributed by atoms with van der Waals surface area (Å²) in [6, 6.07) is 6.73. The fourth-order valence-electron chi connectivity index (χ4n) is 3.74. The van der Waals surface area contributed by atoms with Crippen LogP contribution in [0.1, 0.15) is 30.6 Å². The van der Waals surface area contributed by atoms with E-state index in [0.29, 0.717) is 19.1 Å². The second kappa shape index (κ2) is 8.03. The van der Waals surface area contributed by atoms with Gasteiger partial charge in [-0.1, -0.05) is 30.4 Å². The summed E-state index contributed by atoms with van der Waals surface area (Å²) in [7, 11) is 1.33. The molecular formula is C21H22N2O4. The molecule has 6 nitrogen and oxygen atoms in total. The number of aromatic amines is 1. The van der Waals surface area contributed by atoms with Gasteiger partial charge < -0.3 is 14.6 Å². The second-order valence-corrected chi connectivity index (χ2v) is 6.37. The highest BCUT2D eigenvalue weighted by atomic mass is 16.5. The van der Waals surface area contributed by atoms with Crippen LogP contribution in [0.15, 0.2) is 48.6 Å². The Kier molecular flexibility index (Phi) is 5.54. The molecule has 2 heterocycles. The normalized spacial score (nSPS) is 19.6. The van der Waals surface area contributed by atoms with E-state index in [0.717, 1.165) is 22.2 Å². The van der Waals surface area contributed by atoms with Crippen LogP contribution in [0, 0.1) is 0 Å². The number of benzene rings is 1. The van der Waals surface area contributed by atoms with Crippen LogP contribution in [0.2, 0.25) is 0 Å². The molecule has 0 saturated carbocycles. The molecule has 3 rings (SSSR count). The zero-order valence-corrected chi connectivity index (χ0v) is 15.3. The van der Waals surface area contributed by atoms with Gasteiger partial charge in [-0.2, -0.15) is 0 Å². The van der Waals surface area contributed by atoms with Crippen LogP contribution < -0.4 is 0 Å². The van der Waals surface area contributed by atoms with E-state index in [4.69, 9.17) is 4.74 Å². The largest absolute Gasteiger partial charge is 0.467 e. The van der Waals surface area contributed by atoms with Crippen molar-refractivity contribution in [1.29, 1.82) is 0 Å². The summed E-state index contributed by atoms with van der Waals surface area (Å²) in [4.78, 5) is 41.0.